The van der Waals surface area contributed by atoms with Gasteiger partial charge in [0.15, 0.2) is 11.5 Å². The second kappa shape index (κ2) is 9.56. The highest BCUT2D eigenvalue weighted by molar-refractivity contribution is 5.79. The number of nitrogens with zero attached hydrogens (tertiary/aromatic N) is 6. The van der Waals surface area contributed by atoms with Crippen LogP contribution in [0.3, 0.4) is 0 Å². The Balaban J connectivity index is 1.70. The number of hydrogen-bond acceptors (Lipinski definition) is 8. The first-order valence-corrected chi connectivity index (χ1v) is 10.9. The highest BCUT2D eigenvalue weighted by Crippen LogP contribution is 2.28. The molecule has 1 saturated carbocycles. The molecule has 32 heavy (non-hydrogen) atoms. The van der Waals surface area contributed by atoms with Crippen LogP contribution in [-0.4, -0.2) is 31.8 Å². The SMILES string of the molecule is CC(C)Nc1cc(-n2ncc3cc(C#N)cnc32)ncc1/C(=C/NC1CCCCC1)N=N. The molecule has 9 heteroatoms. The van der Waals surface area contributed by atoms with E-state index in [1.54, 1.807) is 23.1 Å². The molecule has 3 N–H and O–H groups in total. The zero-order valence-electron chi connectivity index (χ0n) is 18.3. The molecule has 0 unspecified atom stereocenters. The van der Waals surface area contributed by atoms with Crippen LogP contribution in [-0.2, 0) is 0 Å². The van der Waals surface area contributed by atoms with Crippen LogP contribution in [0, 0.1) is 16.9 Å². The van der Waals surface area contributed by atoms with Crippen LogP contribution in [0.1, 0.15) is 57.1 Å². The second-order valence-corrected chi connectivity index (χ2v) is 8.34. The molecule has 1 aliphatic carbocycles. The lowest BCUT2D eigenvalue weighted by molar-refractivity contribution is 0.404. The summed E-state index contributed by atoms with van der Waals surface area (Å²) < 4.78 is 1.65. The van der Waals surface area contributed by atoms with Crippen molar-refractivity contribution in [2.45, 2.75) is 58.0 Å². The van der Waals surface area contributed by atoms with Crippen LogP contribution >= 0.6 is 0 Å². The third kappa shape index (κ3) is 4.59. The van der Waals surface area contributed by atoms with Crippen molar-refractivity contribution in [1.82, 2.24) is 25.1 Å². The smallest absolute Gasteiger partial charge is 0.164 e. The van der Waals surface area contributed by atoms with Crippen LogP contribution in [0.4, 0.5) is 5.69 Å². The van der Waals surface area contributed by atoms with E-state index in [9.17, 15) is 0 Å². The lowest BCUT2D eigenvalue weighted by atomic mass is 9.96. The normalized spacial score (nSPS) is 15.0. The zero-order valence-corrected chi connectivity index (χ0v) is 18.3. The topological polar surface area (TPSA) is 128 Å². The van der Waals surface area contributed by atoms with E-state index >= 15 is 0 Å². The maximum atomic E-state index is 9.10. The predicted molar refractivity (Wildman–Crippen MR) is 123 cm³/mol. The van der Waals surface area contributed by atoms with Gasteiger partial charge in [-0.3, -0.25) is 0 Å². The molecule has 0 spiro atoms. The van der Waals surface area contributed by atoms with Crippen molar-refractivity contribution in [1.29, 1.82) is 10.8 Å². The standard InChI is InChI=1S/C23H27N9/c1-15(2)30-20-9-22(32-23-17(12-29-32)8-16(10-24)11-28-23)27-13-19(20)21(31-25)14-26-18-6-4-3-5-7-18/h8-9,11-15,18,25-26H,3-7H2,1-2H3,(H,27,30)/b21-14-,31-25?. The lowest BCUT2D eigenvalue weighted by Gasteiger charge is -2.22. The van der Waals surface area contributed by atoms with E-state index in [1.165, 1.54) is 25.5 Å². The largest absolute Gasteiger partial charge is 0.386 e. The molecule has 0 atom stereocenters. The van der Waals surface area contributed by atoms with Crippen LogP contribution in [0.15, 0.2) is 42.0 Å². The molecule has 0 aliphatic heterocycles. The molecule has 3 aromatic rings. The first kappa shape index (κ1) is 21.4. The van der Waals surface area contributed by atoms with Crippen LogP contribution in [0.5, 0.6) is 0 Å². The summed E-state index contributed by atoms with van der Waals surface area (Å²) in [7, 11) is 0. The van der Waals surface area contributed by atoms with Gasteiger partial charge in [0.2, 0.25) is 0 Å². The summed E-state index contributed by atoms with van der Waals surface area (Å²) in [5.41, 5.74) is 10.9. The molecular formula is C23H27N9. The molecule has 1 fully saturated rings. The number of fused-ring (bicyclic) bond motifs is 1. The molecule has 3 aromatic heterocycles. The summed E-state index contributed by atoms with van der Waals surface area (Å²) in [4.78, 5) is 8.97. The van der Waals surface area contributed by atoms with Crippen molar-refractivity contribution in [3.63, 3.8) is 0 Å². The lowest BCUT2D eigenvalue weighted by Crippen LogP contribution is -2.26. The van der Waals surface area contributed by atoms with E-state index in [0.717, 1.165) is 29.5 Å². The maximum absolute atomic E-state index is 9.10. The molecule has 1 aliphatic rings. The van der Waals surface area contributed by atoms with E-state index < -0.39 is 0 Å². The minimum Gasteiger partial charge on any atom is -0.386 e. The van der Waals surface area contributed by atoms with Gasteiger partial charge < -0.3 is 10.6 Å². The summed E-state index contributed by atoms with van der Waals surface area (Å²) in [5, 5.41) is 24.9. The van der Waals surface area contributed by atoms with Gasteiger partial charge >= 0.3 is 0 Å². The number of pyridine rings is 2. The third-order valence-electron chi connectivity index (χ3n) is 5.55. The number of hydrogen-bond donors (Lipinski definition) is 3. The summed E-state index contributed by atoms with van der Waals surface area (Å²) >= 11 is 0. The number of anilines is 1. The Bertz CT molecular complexity index is 1180. The molecule has 164 valence electrons. The number of nitrogens with one attached hydrogen (secondary N) is 3. The Morgan fingerprint density at radius 1 is 1.22 bits per heavy atom. The number of nitriles is 1. The van der Waals surface area contributed by atoms with E-state index in [2.05, 4.69) is 50.7 Å². The molecule has 0 bridgehead atoms. The monoisotopic (exact) mass is 429 g/mol. The molecule has 4 rings (SSSR count). The Kier molecular flexibility index (Phi) is 6.40. The Labute approximate surface area is 187 Å². The molecule has 0 amide bonds. The Morgan fingerprint density at radius 2 is 2.03 bits per heavy atom. The zero-order chi connectivity index (χ0) is 22.5. The fourth-order valence-corrected chi connectivity index (χ4v) is 3.98. The van der Waals surface area contributed by atoms with Crippen LogP contribution < -0.4 is 10.6 Å². The molecule has 3 heterocycles. The molecular weight excluding hydrogens is 402 g/mol. The Hall–Kier alpha value is -3.80. The highest BCUT2D eigenvalue weighted by atomic mass is 15.3. The average Bonchev–Trinajstić information content (AvgIpc) is 3.23. The fourth-order valence-electron chi connectivity index (χ4n) is 3.98. The first-order valence-electron chi connectivity index (χ1n) is 10.9. The van der Waals surface area contributed by atoms with Gasteiger partial charge in [0.25, 0.3) is 0 Å². The van der Waals surface area contributed by atoms with Crippen molar-refractivity contribution >= 4 is 22.4 Å². The quantitative estimate of drug-likeness (QED) is 0.465. The van der Waals surface area contributed by atoms with Gasteiger partial charge in [-0.2, -0.15) is 20.2 Å². The molecule has 0 saturated heterocycles. The summed E-state index contributed by atoms with van der Waals surface area (Å²) in [5.74, 6) is 0.591. The van der Waals surface area contributed by atoms with E-state index in [-0.39, 0.29) is 6.04 Å². The van der Waals surface area contributed by atoms with Gasteiger partial charge in [-0.05, 0) is 32.8 Å². The van der Waals surface area contributed by atoms with Gasteiger partial charge in [0, 0.05) is 53.4 Å². The summed E-state index contributed by atoms with van der Waals surface area (Å²) in [6, 6.07) is 6.34. The van der Waals surface area contributed by atoms with Crippen molar-refractivity contribution in [3.8, 4) is 11.9 Å². The first-order chi connectivity index (χ1) is 15.6. The number of aromatic nitrogens is 4. The third-order valence-corrected chi connectivity index (χ3v) is 5.55. The average molecular weight is 430 g/mol. The summed E-state index contributed by atoms with van der Waals surface area (Å²) in [6.07, 6.45) is 12.8. The Morgan fingerprint density at radius 3 is 2.75 bits per heavy atom. The predicted octanol–water partition coefficient (Wildman–Crippen LogP) is 4.76. The van der Waals surface area contributed by atoms with Gasteiger partial charge in [0.1, 0.15) is 11.8 Å². The minimum absolute atomic E-state index is 0.174. The van der Waals surface area contributed by atoms with Crippen molar-refractivity contribution in [3.05, 3.63) is 48.1 Å². The molecule has 0 radical (unpaired) electrons. The van der Waals surface area contributed by atoms with E-state index in [0.29, 0.717) is 28.8 Å². The highest BCUT2D eigenvalue weighted by Gasteiger charge is 2.16. The maximum Gasteiger partial charge on any atom is 0.164 e. The molecule has 0 aromatic carbocycles. The van der Waals surface area contributed by atoms with Gasteiger partial charge in [-0.15, -0.1) is 0 Å². The van der Waals surface area contributed by atoms with Gasteiger partial charge in [-0.1, -0.05) is 19.3 Å². The van der Waals surface area contributed by atoms with E-state index in [1.807, 2.05) is 12.3 Å². The van der Waals surface area contributed by atoms with Gasteiger partial charge in [0.05, 0.1) is 11.8 Å². The van der Waals surface area contributed by atoms with E-state index in [4.69, 9.17) is 10.8 Å². The van der Waals surface area contributed by atoms with Crippen LogP contribution in [0.2, 0.25) is 0 Å². The number of rotatable bonds is 7. The fraction of sp³-hybridized carbons (Fsp3) is 0.391. The van der Waals surface area contributed by atoms with Crippen molar-refractivity contribution in [2.75, 3.05) is 5.32 Å². The minimum atomic E-state index is 0.174. The van der Waals surface area contributed by atoms with Crippen LogP contribution in [0.25, 0.3) is 22.5 Å². The van der Waals surface area contributed by atoms with Crippen molar-refractivity contribution < 1.29 is 0 Å². The van der Waals surface area contributed by atoms with Crippen molar-refractivity contribution in [2.24, 2.45) is 5.11 Å². The summed E-state index contributed by atoms with van der Waals surface area (Å²) in [6.45, 7) is 4.11. The molecule has 9 nitrogen and oxygen atoms in total. The second-order valence-electron chi connectivity index (χ2n) is 8.34. The van der Waals surface area contributed by atoms with Gasteiger partial charge in [-0.25, -0.2) is 15.5 Å².